The molecule has 0 aliphatic heterocycles. The van der Waals surface area contributed by atoms with E-state index in [0.29, 0.717) is 13.0 Å². The van der Waals surface area contributed by atoms with E-state index in [1.807, 2.05) is 0 Å². The monoisotopic (exact) mass is 734 g/mol. The first-order valence-corrected chi connectivity index (χ1v) is 20.3. The predicted octanol–water partition coefficient (Wildman–Crippen LogP) is 5.97. The molecular formula is C37H67O12P. The standard InChI is InChI=1S/C37H67O12P/c1-3-5-7-9-11-13-14-15-16-17-19-21-23-25-27-46-28-30(48-31(38)26-24-22-20-18-12-10-8-6-4-2)29-47-50(44,45)49-37-35(42)33(40)32(39)34(41)36(37)43/h5,7,11,13,15-16,30,32-37,39-43H,3-4,6,8-10,12,14,17-29H2,1-2H3,(H,44,45)/b7-5-,13-11-,16-15-. The van der Waals surface area contributed by atoms with Crippen LogP contribution < -0.4 is 0 Å². The molecule has 13 heteroatoms. The number of unbranched alkanes of at least 4 members (excludes halogenated alkanes) is 12. The molecule has 292 valence electrons. The van der Waals surface area contributed by atoms with E-state index < -0.39 is 63.1 Å². The zero-order valence-corrected chi connectivity index (χ0v) is 31.3. The SMILES string of the molecule is CC/C=C\C/C=C\C/C=C\CCCCCCOCC(COP(=O)(O)OC1C(O)C(O)C(O)C(O)C1O)OC(=O)CCCCCCCCCCC. The van der Waals surface area contributed by atoms with Crippen molar-refractivity contribution in [3.63, 3.8) is 0 Å². The summed E-state index contributed by atoms with van der Waals surface area (Å²) in [4.78, 5) is 22.9. The van der Waals surface area contributed by atoms with Gasteiger partial charge in [0.25, 0.3) is 0 Å². The van der Waals surface area contributed by atoms with Crippen LogP contribution in [-0.2, 0) is 27.9 Å². The first-order valence-electron chi connectivity index (χ1n) is 18.8. The van der Waals surface area contributed by atoms with Gasteiger partial charge in [-0.25, -0.2) is 4.57 Å². The van der Waals surface area contributed by atoms with E-state index in [0.717, 1.165) is 70.6 Å². The molecule has 0 heterocycles. The molecular weight excluding hydrogens is 667 g/mol. The second kappa shape index (κ2) is 29.1. The van der Waals surface area contributed by atoms with Gasteiger partial charge >= 0.3 is 13.8 Å². The van der Waals surface area contributed by atoms with Crippen LogP contribution in [0.4, 0.5) is 0 Å². The second-order valence-corrected chi connectivity index (χ2v) is 14.5. The maximum absolute atomic E-state index is 12.7. The zero-order chi connectivity index (χ0) is 37.0. The molecule has 50 heavy (non-hydrogen) atoms. The van der Waals surface area contributed by atoms with E-state index in [-0.39, 0.29) is 13.0 Å². The normalized spacial score (nSPS) is 24.7. The van der Waals surface area contributed by atoms with Crippen LogP contribution in [0.25, 0.3) is 0 Å². The Hall–Kier alpha value is -1.44. The minimum Gasteiger partial charge on any atom is -0.457 e. The molecule has 6 unspecified atom stereocenters. The van der Waals surface area contributed by atoms with Crippen molar-refractivity contribution in [1.82, 2.24) is 0 Å². The molecule has 1 fully saturated rings. The number of esters is 1. The van der Waals surface area contributed by atoms with Crippen LogP contribution in [0.5, 0.6) is 0 Å². The average molecular weight is 735 g/mol. The van der Waals surface area contributed by atoms with Crippen LogP contribution >= 0.6 is 7.82 Å². The minimum absolute atomic E-state index is 0.0910. The Kier molecular flexibility index (Phi) is 27.1. The molecule has 0 saturated heterocycles. The summed E-state index contributed by atoms with van der Waals surface area (Å²) in [6.45, 7) is 4.03. The molecule has 0 bridgehead atoms. The molecule has 1 aliphatic carbocycles. The third-order valence-electron chi connectivity index (χ3n) is 8.53. The van der Waals surface area contributed by atoms with Crippen LogP contribution in [0.1, 0.15) is 129 Å². The number of hydrogen-bond donors (Lipinski definition) is 6. The summed E-state index contributed by atoms with van der Waals surface area (Å²) in [5, 5.41) is 49.9. The fraction of sp³-hybridized carbons (Fsp3) is 0.811. The number of phosphoric ester groups is 1. The van der Waals surface area contributed by atoms with Gasteiger partial charge in [-0.3, -0.25) is 13.8 Å². The molecule has 1 saturated carbocycles. The number of carbonyl (C=O) groups excluding carboxylic acids is 1. The van der Waals surface area contributed by atoms with Gasteiger partial charge in [0.15, 0.2) is 0 Å². The molecule has 0 aromatic rings. The summed E-state index contributed by atoms with van der Waals surface area (Å²) in [5.74, 6) is -0.492. The van der Waals surface area contributed by atoms with Crippen LogP contribution in [0.2, 0.25) is 0 Å². The number of ether oxygens (including phenoxy) is 2. The van der Waals surface area contributed by atoms with Crippen molar-refractivity contribution in [3.8, 4) is 0 Å². The fourth-order valence-electron chi connectivity index (χ4n) is 5.49. The molecule has 6 N–H and O–H groups in total. The quantitative estimate of drug-likeness (QED) is 0.0220. The van der Waals surface area contributed by atoms with E-state index in [9.17, 15) is 39.8 Å². The van der Waals surface area contributed by atoms with Gasteiger partial charge in [-0.05, 0) is 44.9 Å². The van der Waals surface area contributed by atoms with Gasteiger partial charge in [0.2, 0.25) is 0 Å². The van der Waals surface area contributed by atoms with Crippen molar-refractivity contribution in [2.75, 3.05) is 19.8 Å². The van der Waals surface area contributed by atoms with E-state index in [2.05, 4.69) is 50.3 Å². The highest BCUT2D eigenvalue weighted by molar-refractivity contribution is 7.47. The van der Waals surface area contributed by atoms with E-state index in [4.69, 9.17) is 18.5 Å². The van der Waals surface area contributed by atoms with Crippen LogP contribution in [-0.4, -0.2) is 98.9 Å². The molecule has 0 spiro atoms. The van der Waals surface area contributed by atoms with Crippen molar-refractivity contribution in [2.24, 2.45) is 0 Å². The number of hydrogen-bond acceptors (Lipinski definition) is 11. The van der Waals surface area contributed by atoms with Gasteiger partial charge < -0.3 is 39.9 Å². The average Bonchev–Trinajstić information content (AvgIpc) is 3.09. The van der Waals surface area contributed by atoms with Gasteiger partial charge in [0, 0.05) is 13.0 Å². The summed E-state index contributed by atoms with van der Waals surface area (Å²) in [6, 6.07) is 0. The summed E-state index contributed by atoms with van der Waals surface area (Å²) in [5.41, 5.74) is 0. The van der Waals surface area contributed by atoms with Crippen molar-refractivity contribution in [2.45, 2.75) is 172 Å². The van der Waals surface area contributed by atoms with Crippen LogP contribution in [0.3, 0.4) is 0 Å². The molecule has 0 amide bonds. The first-order chi connectivity index (χ1) is 24.0. The lowest BCUT2D eigenvalue weighted by Gasteiger charge is -2.41. The Morgan fingerprint density at radius 3 is 1.80 bits per heavy atom. The lowest BCUT2D eigenvalue weighted by atomic mass is 9.85. The summed E-state index contributed by atoms with van der Waals surface area (Å²) in [6.07, 6.45) is 18.1. The zero-order valence-electron chi connectivity index (χ0n) is 30.4. The van der Waals surface area contributed by atoms with E-state index >= 15 is 0 Å². The van der Waals surface area contributed by atoms with E-state index in [1.54, 1.807) is 0 Å². The van der Waals surface area contributed by atoms with Gasteiger partial charge in [-0.15, -0.1) is 0 Å². The van der Waals surface area contributed by atoms with E-state index in [1.165, 1.54) is 32.1 Å². The first kappa shape index (κ1) is 46.6. The molecule has 0 aromatic heterocycles. The van der Waals surface area contributed by atoms with Crippen molar-refractivity contribution >= 4 is 13.8 Å². The van der Waals surface area contributed by atoms with Crippen molar-refractivity contribution in [3.05, 3.63) is 36.5 Å². The summed E-state index contributed by atoms with van der Waals surface area (Å²) >= 11 is 0. The predicted molar refractivity (Wildman–Crippen MR) is 193 cm³/mol. The number of aliphatic hydroxyl groups excluding tert-OH is 5. The second-order valence-electron chi connectivity index (χ2n) is 13.0. The molecule has 0 aromatic carbocycles. The molecule has 6 atom stereocenters. The molecule has 12 nitrogen and oxygen atoms in total. The summed E-state index contributed by atoms with van der Waals surface area (Å²) in [7, 11) is -5.01. The number of aliphatic hydroxyl groups is 5. The molecule has 1 rings (SSSR count). The maximum Gasteiger partial charge on any atom is 0.472 e. The Labute approximate surface area is 300 Å². The van der Waals surface area contributed by atoms with Crippen molar-refractivity contribution in [1.29, 1.82) is 0 Å². The number of carbonyl (C=O) groups is 1. The van der Waals surface area contributed by atoms with Crippen LogP contribution in [0.15, 0.2) is 36.5 Å². The molecule has 1 aliphatic rings. The Bertz CT molecular complexity index is 974. The largest absolute Gasteiger partial charge is 0.472 e. The van der Waals surface area contributed by atoms with Crippen molar-refractivity contribution < 1.29 is 58.3 Å². The Balaban J connectivity index is 2.50. The Morgan fingerprint density at radius 2 is 1.18 bits per heavy atom. The Morgan fingerprint density at radius 1 is 0.660 bits per heavy atom. The van der Waals surface area contributed by atoms with Gasteiger partial charge in [-0.1, -0.05) is 115 Å². The highest BCUT2D eigenvalue weighted by Crippen LogP contribution is 2.47. The number of allylic oxidation sites excluding steroid dienone is 6. The van der Waals surface area contributed by atoms with Gasteiger partial charge in [0.1, 0.15) is 42.7 Å². The topological polar surface area (TPSA) is 192 Å². The smallest absolute Gasteiger partial charge is 0.457 e. The third kappa shape index (κ3) is 21.8. The maximum atomic E-state index is 12.7. The van der Waals surface area contributed by atoms with Gasteiger partial charge in [0.05, 0.1) is 13.2 Å². The lowest BCUT2D eigenvalue weighted by molar-refractivity contribution is -0.220. The third-order valence-corrected chi connectivity index (χ3v) is 9.51. The number of phosphoric acid groups is 1. The highest BCUT2D eigenvalue weighted by Gasteiger charge is 2.51. The lowest BCUT2D eigenvalue weighted by Crippen LogP contribution is -2.64. The van der Waals surface area contributed by atoms with Crippen LogP contribution in [0, 0.1) is 0 Å². The summed E-state index contributed by atoms with van der Waals surface area (Å²) < 4.78 is 33.9. The minimum atomic E-state index is -5.01. The molecule has 0 radical (unpaired) electrons. The number of rotatable bonds is 30. The van der Waals surface area contributed by atoms with Gasteiger partial charge in [-0.2, -0.15) is 0 Å². The fourth-order valence-corrected chi connectivity index (χ4v) is 6.46. The highest BCUT2D eigenvalue weighted by atomic mass is 31.2.